The molecule has 1 N–H and O–H groups in total. The third-order valence-electron chi connectivity index (χ3n) is 2.63. The summed E-state index contributed by atoms with van der Waals surface area (Å²) in [6, 6.07) is 4.77. The van der Waals surface area contributed by atoms with Crippen molar-refractivity contribution in [1.82, 2.24) is 15.1 Å². The van der Waals surface area contributed by atoms with E-state index in [0.717, 1.165) is 11.4 Å². The molecule has 0 aliphatic heterocycles. The van der Waals surface area contributed by atoms with Gasteiger partial charge in [-0.05, 0) is 32.8 Å². The molecule has 1 aliphatic rings. The van der Waals surface area contributed by atoms with E-state index in [1.165, 1.54) is 12.8 Å². The highest BCUT2D eigenvalue weighted by Crippen LogP contribution is 2.19. The molecule has 0 bridgehead atoms. The van der Waals surface area contributed by atoms with Crippen LogP contribution in [0.4, 0.5) is 0 Å². The first kappa shape index (κ1) is 10.2. The van der Waals surface area contributed by atoms with Gasteiger partial charge in [-0.25, -0.2) is 0 Å². The van der Waals surface area contributed by atoms with Gasteiger partial charge in [0.2, 0.25) is 0 Å². The average Bonchev–Trinajstić information content (AvgIpc) is 2.93. The number of rotatable bonds is 4. The smallest absolute Gasteiger partial charge is 0.115 e. The van der Waals surface area contributed by atoms with Crippen LogP contribution >= 0.6 is 0 Å². The number of aromatic nitrogens is 2. The first-order valence-corrected chi connectivity index (χ1v) is 5.36. The summed E-state index contributed by atoms with van der Waals surface area (Å²) in [5, 5.41) is 16.7. The Morgan fingerprint density at radius 3 is 2.87 bits per heavy atom. The summed E-state index contributed by atoms with van der Waals surface area (Å²) in [5.74, 6) is 0. The predicted octanol–water partition coefficient (Wildman–Crippen LogP) is 1.14. The summed E-state index contributed by atoms with van der Waals surface area (Å²) < 4.78 is 1.90. The standard InChI is InChI=1S/C11H16N4/c1-8-5-9(2)15(14-8)7-11(6-12)13-10-3-4-10/h5,10-11,13H,3-4,7H2,1-2H3. The molecule has 80 valence electrons. The van der Waals surface area contributed by atoms with Crippen LogP contribution in [0.2, 0.25) is 0 Å². The van der Waals surface area contributed by atoms with E-state index < -0.39 is 0 Å². The minimum absolute atomic E-state index is 0.115. The Hall–Kier alpha value is -1.34. The molecule has 1 unspecified atom stereocenters. The maximum Gasteiger partial charge on any atom is 0.115 e. The molecule has 4 nitrogen and oxygen atoms in total. The van der Waals surface area contributed by atoms with Crippen molar-refractivity contribution in [2.75, 3.05) is 0 Å². The fourth-order valence-electron chi connectivity index (χ4n) is 1.70. The number of nitriles is 1. The lowest BCUT2D eigenvalue weighted by Crippen LogP contribution is -2.34. The number of aryl methyl sites for hydroxylation is 2. The molecule has 0 amide bonds. The van der Waals surface area contributed by atoms with Gasteiger partial charge in [0.25, 0.3) is 0 Å². The van der Waals surface area contributed by atoms with Gasteiger partial charge < -0.3 is 0 Å². The van der Waals surface area contributed by atoms with Crippen LogP contribution in [-0.2, 0) is 6.54 Å². The Bertz CT molecular complexity index is 384. The predicted molar refractivity (Wildman–Crippen MR) is 57.3 cm³/mol. The summed E-state index contributed by atoms with van der Waals surface area (Å²) in [4.78, 5) is 0. The van der Waals surface area contributed by atoms with Crippen molar-refractivity contribution < 1.29 is 0 Å². The van der Waals surface area contributed by atoms with E-state index in [0.29, 0.717) is 12.6 Å². The normalized spacial score (nSPS) is 17.4. The number of hydrogen-bond donors (Lipinski definition) is 1. The summed E-state index contributed by atoms with van der Waals surface area (Å²) >= 11 is 0. The highest BCUT2D eigenvalue weighted by Gasteiger charge is 2.24. The Balaban J connectivity index is 1.99. The van der Waals surface area contributed by atoms with E-state index >= 15 is 0 Å². The lowest BCUT2D eigenvalue weighted by Gasteiger charge is -2.11. The molecule has 1 atom stereocenters. The zero-order valence-electron chi connectivity index (χ0n) is 9.20. The largest absolute Gasteiger partial charge is 0.298 e. The van der Waals surface area contributed by atoms with E-state index in [1.54, 1.807) is 0 Å². The van der Waals surface area contributed by atoms with E-state index in [4.69, 9.17) is 5.26 Å². The second-order valence-electron chi connectivity index (χ2n) is 4.23. The molecule has 2 rings (SSSR count). The highest BCUT2D eigenvalue weighted by atomic mass is 15.3. The van der Waals surface area contributed by atoms with Crippen LogP contribution in [0, 0.1) is 25.2 Å². The maximum absolute atomic E-state index is 9.01. The monoisotopic (exact) mass is 204 g/mol. The highest BCUT2D eigenvalue weighted by molar-refractivity contribution is 5.08. The minimum atomic E-state index is -0.115. The topological polar surface area (TPSA) is 53.6 Å². The van der Waals surface area contributed by atoms with Gasteiger partial charge in [-0.3, -0.25) is 10.00 Å². The second-order valence-corrected chi connectivity index (χ2v) is 4.23. The third kappa shape index (κ3) is 2.57. The fraction of sp³-hybridized carbons (Fsp3) is 0.636. The SMILES string of the molecule is Cc1cc(C)n(CC(C#N)NC2CC2)n1. The van der Waals surface area contributed by atoms with Crippen molar-refractivity contribution in [3.05, 3.63) is 17.5 Å². The molecule has 0 saturated heterocycles. The molecular formula is C11H16N4. The van der Waals surface area contributed by atoms with Crippen LogP contribution in [0.3, 0.4) is 0 Å². The summed E-state index contributed by atoms with van der Waals surface area (Å²) in [5.41, 5.74) is 2.13. The van der Waals surface area contributed by atoms with Gasteiger partial charge in [-0.2, -0.15) is 10.4 Å². The van der Waals surface area contributed by atoms with E-state index in [2.05, 4.69) is 16.5 Å². The van der Waals surface area contributed by atoms with Crippen molar-refractivity contribution in [2.45, 2.75) is 45.3 Å². The fourth-order valence-corrected chi connectivity index (χ4v) is 1.70. The maximum atomic E-state index is 9.01. The lowest BCUT2D eigenvalue weighted by atomic mass is 10.3. The second kappa shape index (κ2) is 4.03. The van der Waals surface area contributed by atoms with Crippen molar-refractivity contribution >= 4 is 0 Å². The first-order valence-electron chi connectivity index (χ1n) is 5.36. The molecule has 0 aromatic carbocycles. The van der Waals surface area contributed by atoms with Gasteiger partial charge in [-0.1, -0.05) is 0 Å². The van der Waals surface area contributed by atoms with Crippen LogP contribution in [0.1, 0.15) is 24.2 Å². The van der Waals surface area contributed by atoms with Gasteiger partial charge in [0, 0.05) is 11.7 Å². The molecule has 1 aromatic rings. The van der Waals surface area contributed by atoms with Crippen LogP contribution in [0.15, 0.2) is 6.07 Å². The van der Waals surface area contributed by atoms with Gasteiger partial charge in [0.05, 0.1) is 18.3 Å². The number of nitrogens with one attached hydrogen (secondary N) is 1. The molecule has 15 heavy (non-hydrogen) atoms. The van der Waals surface area contributed by atoms with Crippen LogP contribution in [-0.4, -0.2) is 21.9 Å². The molecule has 1 fully saturated rings. The zero-order chi connectivity index (χ0) is 10.8. The summed E-state index contributed by atoms with van der Waals surface area (Å²) in [6.45, 7) is 4.64. The Labute approximate surface area is 89.9 Å². The molecule has 1 aromatic heterocycles. The molecule has 0 spiro atoms. The van der Waals surface area contributed by atoms with Gasteiger partial charge in [-0.15, -0.1) is 0 Å². The Morgan fingerprint density at radius 2 is 2.40 bits per heavy atom. The lowest BCUT2D eigenvalue weighted by molar-refractivity contribution is 0.480. The number of hydrogen-bond acceptors (Lipinski definition) is 3. The zero-order valence-corrected chi connectivity index (χ0v) is 9.20. The van der Waals surface area contributed by atoms with Crippen molar-refractivity contribution in [3.8, 4) is 6.07 Å². The number of nitrogens with zero attached hydrogens (tertiary/aromatic N) is 3. The van der Waals surface area contributed by atoms with E-state index in [9.17, 15) is 0 Å². The van der Waals surface area contributed by atoms with Gasteiger partial charge >= 0.3 is 0 Å². The van der Waals surface area contributed by atoms with Gasteiger partial charge in [0.1, 0.15) is 6.04 Å². The molecule has 1 heterocycles. The van der Waals surface area contributed by atoms with Crippen LogP contribution in [0.25, 0.3) is 0 Å². The van der Waals surface area contributed by atoms with Crippen molar-refractivity contribution in [3.63, 3.8) is 0 Å². The van der Waals surface area contributed by atoms with Gasteiger partial charge in [0.15, 0.2) is 0 Å². The molecular weight excluding hydrogens is 188 g/mol. The summed E-state index contributed by atoms with van der Waals surface area (Å²) in [6.07, 6.45) is 2.41. The molecule has 1 saturated carbocycles. The molecule has 4 heteroatoms. The van der Waals surface area contributed by atoms with Crippen LogP contribution < -0.4 is 5.32 Å². The average molecular weight is 204 g/mol. The first-order chi connectivity index (χ1) is 7.19. The van der Waals surface area contributed by atoms with Crippen LogP contribution in [0.5, 0.6) is 0 Å². The third-order valence-corrected chi connectivity index (χ3v) is 2.63. The minimum Gasteiger partial charge on any atom is -0.298 e. The Morgan fingerprint density at radius 1 is 1.67 bits per heavy atom. The van der Waals surface area contributed by atoms with Crippen molar-refractivity contribution in [2.24, 2.45) is 0 Å². The molecule has 0 radical (unpaired) electrons. The Kier molecular flexibility index (Phi) is 2.74. The van der Waals surface area contributed by atoms with Crippen molar-refractivity contribution in [1.29, 1.82) is 5.26 Å². The summed E-state index contributed by atoms with van der Waals surface area (Å²) in [7, 11) is 0. The van der Waals surface area contributed by atoms with E-state index in [1.807, 2.05) is 24.6 Å². The van der Waals surface area contributed by atoms with E-state index in [-0.39, 0.29) is 6.04 Å². The quantitative estimate of drug-likeness (QED) is 0.800. The molecule has 1 aliphatic carbocycles.